The highest BCUT2D eigenvalue weighted by Crippen LogP contribution is 2.35. The summed E-state index contributed by atoms with van der Waals surface area (Å²) in [5, 5.41) is 6.22. The summed E-state index contributed by atoms with van der Waals surface area (Å²) in [7, 11) is 4.79. The summed E-state index contributed by atoms with van der Waals surface area (Å²) in [6.07, 6.45) is 1.85. The molecule has 1 aliphatic heterocycles. The summed E-state index contributed by atoms with van der Waals surface area (Å²) in [6.45, 7) is 3.65. The highest BCUT2D eigenvalue weighted by Gasteiger charge is 2.24. The summed E-state index contributed by atoms with van der Waals surface area (Å²) < 4.78 is 28.3. The van der Waals surface area contributed by atoms with Gasteiger partial charge in [0.2, 0.25) is 12.7 Å². The number of carbonyl (C=O) groups is 2. The Balaban J connectivity index is 1.32. The first-order chi connectivity index (χ1) is 23.3. The van der Waals surface area contributed by atoms with E-state index in [-0.39, 0.29) is 30.7 Å². The van der Waals surface area contributed by atoms with Gasteiger partial charge in [-0.1, -0.05) is 36.9 Å². The minimum absolute atomic E-state index is 0.0682. The van der Waals surface area contributed by atoms with Gasteiger partial charge in [0.25, 0.3) is 11.5 Å². The number of amides is 2. The molecule has 2 heterocycles. The van der Waals surface area contributed by atoms with Crippen molar-refractivity contribution in [3.8, 4) is 23.0 Å². The number of carbonyl (C=O) groups excluding carboxylic acids is 2. The Morgan fingerprint density at radius 2 is 1.67 bits per heavy atom. The van der Waals surface area contributed by atoms with Crippen molar-refractivity contribution in [3.05, 3.63) is 81.6 Å². The molecule has 0 saturated heterocycles. The molecule has 5 rings (SSSR count). The molecule has 3 aromatic carbocycles. The number of hydrogen-bond donors (Lipinski definition) is 2. The van der Waals surface area contributed by atoms with Gasteiger partial charge in [-0.15, -0.1) is 0 Å². The molecule has 2 amide bonds. The molecule has 254 valence electrons. The quantitative estimate of drug-likeness (QED) is 0.101. The van der Waals surface area contributed by atoms with Crippen LogP contribution in [0.5, 0.6) is 23.0 Å². The van der Waals surface area contributed by atoms with Crippen molar-refractivity contribution >= 4 is 34.5 Å². The lowest BCUT2D eigenvalue weighted by molar-refractivity contribution is -0.120. The van der Waals surface area contributed by atoms with Crippen molar-refractivity contribution in [1.29, 1.82) is 0 Å². The Kier molecular flexibility index (Phi) is 11.8. The molecular weight excluding hydrogens is 636 g/mol. The fourth-order valence-electron chi connectivity index (χ4n) is 5.21. The minimum atomic E-state index is -0.470. The van der Waals surface area contributed by atoms with Crippen LogP contribution in [-0.4, -0.2) is 74.4 Å². The average molecular weight is 677 g/mol. The summed E-state index contributed by atoms with van der Waals surface area (Å²) >= 11 is 1.25. The monoisotopic (exact) mass is 676 g/mol. The van der Waals surface area contributed by atoms with E-state index < -0.39 is 5.25 Å². The number of thioether (sulfide) groups is 1. The topological polar surface area (TPSA) is 139 Å². The number of nitrogens with zero attached hydrogens (tertiary/aromatic N) is 2. The Bertz CT molecular complexity index is 1810. The lowest BCUT2D eigenvalue weighted by Gasteiger charge is -2.18. The van der Waals surface area contributed by atoms with Crippen molar-refractivity contribution in [1.82, 2.24) is 20.2 Å². The molecular formula is C35H40N4O8S. The molecule has 1 unspecified atom stereocenters. The third kappa shape index (κ3) is 8.20. The van der Waals surface area contributed by atoms with E-state index in [1.165, 1.54) is 11.8 Å². The largest absolute Gasteiger partial charge is 0.493 e. The van der Waals surface area contributed by atoms with Gasteiger partial charge >= 0.3 is 0 Å². The van der Waals surface area contributed by atoms with Gasteiger partial charge in [0.1, 0.15) is 0 Å². The molecule has 1 atom stereocenters. The van der Waals surface area contributed by atoms with E-state index in [0.717, 1.165) is 11.1 Å². The normalized spacial score (nSPS) is 12.5. The number of rotatable bonds is 16. The van der Waals surface area contributed by atoms with E-state index in [9.17, 15) is 14.4 Å². The molecule has 0 spiro atoms. The van der Waals surface area contributed by atoms with E-state index >= 15 is 0 Å². The third-order valence-corrected chi connectivity index (χ3v) is 9.21. The first kappa shape index (κ1) is 34.6. The molecule has 1 aliphatic rings. The molecule has 1 aromatic heterocycles. The van der Waals surface area contributed by atoms with Gasteiger partial charge in [-0.2, -0.15) is 0 Å². The van der Waals surface area contributed by atoms with Crippen LogP contribution in [0.15, 0.2) is 64.5 Å². The minimum Gasteiger partial charge on any atom is -0.493 e. The first-order valence-corrected chi connectivity index (χ1v) is 16.6. The summed E-state index contributed by atoms with van der Waals surface area (Å²) in [4.78, 5) is 44.7. The lowest BCUT2D eigenvalue weighted by atomic mass is 10.1. The summed E-state index contributed by atoms with van der Waals surface area (Å²) in [5.41, 5.74) is 2.48. The zero-order valence-electron chi connectivity index (χ0n) is 27.5. The second-order valence-corrected chi connectivity index (χ2v) is 12.2. The smallest absolute Gasteiger partial charge is 0.262 e. The maximum absolute atomic E-state index is 13.9. The highest BCUT2D eigenvalue weighted by atomic mass is 32.2. The van der Waals surface area contributed by atoms with E-state index in [2.05, 4.69) is 10.6 Å². The number of aromatic nitrogens is 2. The number of fused-ring (bicyclic) bond motifs is 2. The molecule has 0 bridgehead atoms. The fraction of sp³-hybridized carbons (Fsp3) is 0.371. The lowest BCUT2D eigenvalue weighted by Crippen LogP contribution is -2.34. The molecule has 0 fully saturated rings. The number of hydrogen-bond acceptors (Lipinski definition) is 10. The Morgan fingerprint density at radius 3 is 2.38 bits per heavy atom. The highest BCUT2D eigenvalue weighted by molar-refractivity contribution is 8.00. The van der Waals surface area contributed by atoms with E-state index in [1.54, 1.807) is 50.2 Å². The van der Waals surface area contributed by atoms with Crippen molar-refractivity contribution in [2.24, 2.45) is 0 Å². The van der Waals surface area contributed by atoms with Crippen LogP contribution in [-0.2, 0) is 22.5 Å². The van der Waals surface area contributed by atoms with Crippen molar-refractivity contribution in [2.45, 2.75) is 43.1 Å². The van der Waals surface area contributed by atoms with Crippen LogP contribution in [0.1, 0.15) is 41.3 Å². The Hall–Kier alpha value is -4.75. The second kappa shape index (κ2) is 16.4. The van der Waals surface area contributed by atoms with Crippen LogP contribution in [0, 0.1) is 0 Å². The predicted molar refractivity (Wildman–Crippen MR) is 183 cm³/mol. The van der Waals surface area contributed by atoms with E-state index in [0.29, 0.717) is 83.6 Å². The van der Waals surface area contributed by atoms with Crippen LogP contribution in [0.2, 0.25) is 0 Å². The fourth-order valence-corrected chi connectivity index (χ4v) is 6.25. The van der Waals surface area contributed by atoms with Crippen molar-refractivity contribution < 1.29 is 33.3 Å². The van der Waals surface area contributed by atoms with Gasteiger partial charge in [0.05, 0.1) is 36.9 Å². The van der Waals surface area contributed by atoms with Crippen LogP contribution < -0.4 is 35.1 Å². The van der Waals surface area contributed by atoms with E-state index in [1.807, 2.05) is 37.3 Å². The summed E-state index contributed by atoms with van der Waals surface area (Å²) in [5.74, 6) is 1.94. The third-order valence-electron chi connectivity index (χ3n) is 7.85. The van der Waals surface area contributed by atoms with Gasteiger partial charge in [0.15, 0.2) is 28.2 Å². The molecule has 0 aliphatic carbocycles. The Labute approximate surface area is 283 Å². The van der Waals surface area contributed by atoms with Gasteiger partial charge in [-0.25, -0.2) is 4.98 Å². The molecule has 2 N–H and O–H groups in total. The maximum atomic E-state index is 13.9. The molecule has 12 nitrogen and oxygen atoms in total. The molecule has 0 saturated carbocycles. The molecule has 4 aromatic rings. The van der Waals surface area contributed by atoms with Gasteiger partial charge < -0.3 is 34.3 Å². The first-order valence-electron chi connectivity index (χ1n) is 15.7. The predicted octanol–water partition coefficient (Wildman–Crippen LogP) is 4.19. The average Bonchev–Trinajstić information content (AvgIpc) is 3.57. The number of ether oxygens (including phenoxy) is 5. The van der Waals surface area contributed by atoms with Crippen LogP contribution in [0.3, 0.4) is 0 Å². The van der Waals surface area contributed by atoms with Crippen LogP contribution in [0.25, 0.3) is 10.9 Å². The van der Waals surface area contributed by atoms with E-state index in [4.69, 9.17) is 28.7 Å². The van der Waals surface area contributed by atoms with Crippen molar-refractivity contribution in [3.63, 3.8) is 0 Å². The molecule has 13 heteroatoms. The van der Waals surface area contributed by atoms with Crippen molar-refractivity contribution in [2.75, 3.05) is 47.8 Å². The standard InChI is InChI=1S/C35H40N4O8S/c1-5-31(33(41)36-14-6-16-43-2)48-35-38-26-19-30-29(46-21-47-30)18-25(26)34(42)39(35)20-23-7-10-24(11-8-23)32(40)37-15-13-22-9-12-27(44-3)28(17-22)45-4/h7-12,17-19,31H,5-6,13-16,20-21H2,1-4H3,(H,36,41)(H,37,40). The van der Waals surface area contributed by atoms with Gasteiger partial charge in [-0.05, 0) is 60.7 Å². The van der Waals surface area contributed by atoms with Crippen LogP contribution in [0.4, 0.5) is 0 Å². The van der Waals surface area contributed by atoms with Gasteiger partial charge in [0, 0.05) is 38.4 Å². The zero-order valence-corrected chi connectivity index (χ0v) is 28.3. The SMILES string of the molecule is CCC(Sc1nc2cc3c(cc2c(=O)n1Cc1ccc(C(=O)NCCc2ccc(OC)c(OC)c2)cc1)OCO3)C(=O)NCCCOC. The Morgan fingerprint density at radius 1 is 0.938 bits per heavy atom. The summed E-state index contributed by atoms with van der Waals surface area (Å²) in [6, 6.07) is 16.1. The zero-order chi connectivity index (χ0) is 34.0. The van der Waals surface area contributed by atoms with Crippen LogP contribution >= 0.6 is 11.8 Å². The number of methoxy groups -OCH3 is 3. The maximum Gasteiger partial charge on any atom is 0.262 e. The molecule has 48 heavy (non-hydrogen) atoms. The number of nitrogens with one attached hydrogen (secondary N) is 2. The molecule has 0 radical (unpaired) electrons. The van der Waals surface area contributed by atoms with Gasteiger partial charge in [-0.3, -0.25) is 19.0 Å². The number of benzene rings is 3. The second-order valence-electron chi connectivity index (χ2n) is 11.1.